The quantitative estimate of drug-likeness (QED) is 0.185. The molecule has 0 aliphatic heterocycles. The van der Waals surface area contributed by atoms with E-state index < -0.39 is 0 Å². The third-order valence-electron chi connectivity index (χ3n) is 7.64. The first kappa shape index (κ1) is 26.1. The lowest BCUT2D eigenvalue weighted by Crippen LogP contribution is -2.10. The van der Waals surface area contributed by atoms with Gasteiger partial charge in [0.1, 0.15) is 5.69 Å². The Balaban J connectivity index is 1.67. The maximum Gasteiger partial charge on any atom is 0.214 e. The zero-order valence-corrected chi connectivity index (χ0v) is 23.2. The molecule has 7 aromatic rings. The van der Waals surface area contributed by atoms with E-state index in [9.17, 15) is 9.59 Å². The van der Waals surface area contributed by atoms with Gasteiger partial charge in [-0.1, -0.05) is 152 Å². The van der Waals surface area contributed by atoms with Crippen LogP contribution in [0.3, 0.4) is 0 Å². The average molecular weight is 555 g/mol. The third-order valence-corrected chi connectivity index (χ3v) is 7.64. The van der Waals surface area contributed by atoms with Crippen molar-refractivity contribution in [3.63, 3.8) is 0 Å². The van der Waals surface area contributed by atoms with Crippen molar-refractivity contribution in [2.24, 2.45) is 0 Å². The van der Waals surface area contributed by atoms with Gasteiger partial charge in [-0.3, -0.25) is 9.59 Å². The maximum absolute atomic E-state index is 14.5. The molecule has 43 heavy (non-hydrogen) atoms. The molecule has 0 saturated carbocycles. The number of hydrogen-bond donors (Lipinski definition) is 0. The molecule has 2 heterocycles. The van der Waals surface area contributed by atoms with Crippen molar-refractivity contribution in [2.75, 3.05) is 0 Å². The number of carbonyl (C=O) groups excluding carboxylic acids is 2. The minimum atomic E-state index is -0.301. The van der Waals surface area contributed by atoms with Crippen LogP contribution in [0.25, 0.3) is 38.9 Å². The molecule has 0 aliphatic rings. The van der Waals surface area contributed by atoms with Crippen molar-refractivity contribution >= 4 is 17.1 Å². The summed E-state index contributed by atoms with van der Waals surface area (Å²) in [6.45, 7) is 0. The largest absolute Gasteiger partial charge is 0.288 e. The molecule has 0 amide bonds. The second-order valence-corrected chi connectivity index (χ2v) is 10.3. The highest BCUT2D eigenvalue weighted by Gasteiger charge is 2.31. The number of pyridine rings is 1. The predicted molar refractivity (Wildman–Crippen MR) is 171 cm³/mol. The highest BCUT2D eigenvalue weighted by atomic mass is 16.1. The Hall–Kier alpha value is -5.87. The van der Waals surface area contributed by atoms with E-state index in [1.807, 2.05) is 109 Å². The molecular formula is C39H26N2O2. The molecule has 0 unspecified atom stereocenters. The molecule has 4 nitrogen and oxygen atoms in total. The fourth-order valence-electron chi connectivity index (χ4n) is 5.67. The van der Waals surface area contributed by atoms with Crippen molar-refractivity contribution in [3.05, 3.63) is 180 Å². The summed E-state index contributed by atoms with van der Waals surface area (Å²) < 4.78 is 1.73. The Labute approximate surface area is 249 Å². The van der Waals surface area contributed by atoms with Gasteiger partial charge in [0, 0.05) is 34.0 Å². The van der Waals surface area contributed by atoms with Crippen LogP contribution in [-0.4, -0.2) is 21.2 Å². The van der Waals surface area contributed by atoms with E-state index >= 15 is 0 Å². The van der Waals surface area contributed by atoms with Crippen LogP contribution in [0.2, 0.25) is 0 Å². The number of rotatable bonds is 7. The van der Waals surface area contributed by atoms with Crippen LogP contribution in [0.5, 0.6) is 0 Å². The number of hydrogen-bond acceptors (Lipinski definition) is 3. The first-order chi connectivity index (χ1) is 21.2. The molecule has 5 aromatic carbocycles. The van der Waals surface area contributed by atoms with Crippen LogP contribution in [0.1, 0.15) is 32.0 Å². The molecule has 2 aromatic heterocycles. The Morgan fingerprint density at radius 3 is 1.40 bits per heavy atom. The van der Waals surface area contributed by atoms with Crippen LogP contribution >= 0.6 is 0 Å². The second-order valence-electron chi connectivity index (χ2n) is 10.3. The standard InChI is InChI=1S/C39H26N2O2/c42-38(30-22-12-4-13-23-30)35-36(39(43)31-24-14-5-15-25-31)40-41-26-32(27-16-6-1-7-17-27)33(28-18-8-2-9-19-28)34(37(35)41)29-20-10-3-11-21-29/h1-26H. The van der Waals surface area contributed by atoms with E-state index in [-0.39, 0.29) is 22.8 Å². The lowest BCUT2D eigenvalue weighted by Gasteiger charge is -2.19. The van der Waals surface area contributed by atoms with Crippen molar-refractivity contribution in [1.29, 1.82) is 0 Å². The third kappa shape index (κ3) is 4.75. The fraction of sp³-hybridized carbons (Fsp3) is 0. The topological polar surface area (TPSA) is 51.4 Å². The summed E-state index contributed by atoms with van der Waals surface area (Å²) in [4.78, 5) is 28.6. The van der Waals surface area contributed by atoms with E-state index in [4.69, 9.17) is 5.10 Å². The fourth-order valence-corrected chi connectivity index (χ4v) is 5.67. The first-order valence-corrected chi connectivity index (χ1v) is 14.2. The zero-order valence-electron chi connectivity index (χ0n) is 23.2. The molecule has 0 fully saturated rings. The molecule has 4 heteroatoms. The van der Waals surface area contributed by atoms with E-state index in [0.717, 1.165) is 33.4 Å². The summed E-state index contributed by atoms with van der Waals surface area (Å²) in [5.74, 6) is -0.552. The molecule has 0 aliphatic carbocycles. The molecule has 0 N–H and O–H groups in total. The molecular weight excluding hydrogens is 528 g/mol. The van der Waals surface area contributed by atoms with Crippen LogP contribution in [-0.2, 0) is 0 Å². The number of nitrogens with zero attached hydrogens (tertiary/aromatic N) is 2. The molecule has 7 rings (SSSR count). The monoisotopic (exact) mass is 554 g/mol. The molecule has 0 bridgehead atoms. The molecule has 0 atom stereocenters. The number of benzene rings is 5. The van der Waals surface area contributed by atoms with Gasteiger partial charge in [-0.2, -0.15) is 5.10 Å². The van der Waals surface area contributed by atoms with Gasteiger partial charge >= 0.3 is 0 Å². The summed E-state index contributed by atoms with van der Waals surface area (Å²) in [6, 6.07) is 48.5. The molecule has 0 spiro atoms. The Morgan fingerprint density at radius 1 is 0.465 bits per heavy atom. The van der Waals surface area contributed by atoms with Crippen molar-refractivity contribution in [2.45, 2.75) is 0 Å². The summed E-state index contributed by atoms with van der Waals surface area (Å²) >= 11 is 0. The van der Waals surface area contributed by atoms with Gasteiger partial charge in [-0.05, 0) is 16.7 Å². The van der Waals surface area contributed by atoms with Crippen LogP contribution in [0.4, 0.5) is 0 Å². The van der Waals surface area contributed by atoms with E-state index in [1.165, 1.54) is 0 Å². The smallest absolute Gasteiger partial charge is 0.214 e. The van der Waals surface area contributed by atoms with Gasteiger partial charge in [0.25, 0.3) is 0 Å². The average Bonchev–Trinajstić information content (AvgIpc) is 3.48. The summed E-state index contributed by atoms with van der Waals surface area (Å²) in [5, 5.41) is 4.89. The van der Waals surface area contributed by atoms with Crippen LogP contribution < -0.4 is 0 Å². The van der Waals surface area contributed by atoms with Gasteiger partial charge in [-0.15, -0.1) is 0 Å². The van der Waals surface area contributed by atoms with Gasteiger partial charge in [0.2, 0.25) is 5.78 Å². The number of ketones is 2. The van der Waals surface area contributed by atoms with Crippen molar-refractivity contribution < 1.29 is 9.59 Å². The maximum atomic E-state index is 14.5. The summed E-state index contributed by atoms with van der Waals surface area (Å²) in [7, 11) is 0. The zero-order chi connectivity index (χ0) is 29.2. The second kappa shape index (κ2) is 11.2. The van der Waals surface area contributed by atoms with E-state index in [0.29, 0.717) is 16.6 Å². The van der Waals surface area contributed by atoms with E-state index in [1.54, 1.807) is 28.8 Å². The first-order valence-electron chi connectivity index (χ1n) is 14.2. The molecule has 0 saturated heterocycles. The predicted octanol–water partition coefficient (Wildman–Crippen LogP) is 8.80. The van der Waals surface area contributed by atoms with Crippen molar-refractivity contribution in [3.8, 4) is 33.4 Å². The van der Waals surface area contributed by atoms with Gasteiger partial charge in [0.15, 0.2) is 5.78 Å². The van der Waals surface area contributed by atoms with Crippen molar-refractivity contribution in [1.82, 2.24) is 9.61 Å². The lowest BCUT2D eigenvalue weighted by molar-refractivity contribution is 0.100. The Morgan fingerprint density at radius 2 is 0.884 bits per heavy atom. The van der Waals surface area contributed by atoms with Gasteiger partial charge < -0.3 is 0 Å². The minimum absolute atomic E-state index is 0.126. The Bertz CT molecular complexity index is 2070. The Kier molecular flexibility index (Phi) is 6.78. The molecule has 0 radical (unpaired) electrons. The van der Waals surface area contributed by atoms with Crippen LogP contribution in [0.15, 0.2) is 158 Å². The lowest BCUT2D eigenvalue weighted by atomic mass is 9.86. The van der Waals surface area contributed by atoms with Gasteiger partial charge in [0.05, 0.1) is 11.1 Å². The molecule has 204 valence electrons. The number of fused-ring (bicyclic) bond motifs is 1. The highest BCUT2D eigenvalue weighted by molar-refractivity contribution is 6.24. The number of aromatic nitrogens is 2. The number of carbonyl (C=O) groups is 2. The summed E-state index contributed by atoms with van der Waals surface area (Å²) in [5.41, 5.74) is 7.64. The SMILES string of the molecule is O=C(c1ccccc1)c1nn2cc(-c3ccccc3)c(-c3ccccc3)c(-c3ccccc3)c2c1C(=O)c1ccccc1. The van der Waals surface area contributed by atoms with Gasteiger partial charge in [-0.25, -0.2) is 4.52 Å². The van der Waals surface area contributed by atoms with Crippen LogP contribution in [0, 0.1) is 0 Å². The normalized spacial score (nSPS) is 11.0. The summed E-state index contributed by atoms with van der Waals surface area (Å²) in [6.07, 6.45) is 1.95. The minimum Gasteiger partial charge on any atom is -0.288 e. The van der Waals surface area contributed by atoms with E-state index in [2.05, 4.69) is 24.3 Å². The highest BCUT2D eigenvalue weighted by Crippen LogP contribution is 2.44.